The lowest BCUT2D eigenvalue weighted by atomic mass is 10.1. The maximum atomic E-state index is 11.8. The van der Waals surface area contributed by atoms with Crippen LogP contribution in [0.3, 0.4) is 0 Å². The number of likely N-dealkylation sites (tertiary alicyclic amines) is 1. The Hall–Kier alpha value is -1.30. The summed E-state index contributed by atoms with van der Waals surface area (Å²) in [5.41, 5.74) is 5.30. The number of carbonyl (C=O) groups excluding carboxylic acids is 1. The van der Waals surface area contributed by atoms with Crippen molar-refractivity contribution in [3.63, 3.8) is 0 Å². The smallest absolute Gasteiger partial charge is 0.230 e. The van der Waals surface area contributed by atoms with Gasteiger partial charge in [-0.1, -0.05) is 5.16 Å². The first-order chi connectivity index (χ1) is 7.69. The normalized spacial score (nSPS) is 21.4. The molecular weight excluding hydrogens is 210 g/mol. The van der Waals surface area contributed by atoms with E-state index >= 15 is 0 Å². The Morgan fingerprint density at radius 2 is 2.31 bits per heavy atom. The van der Waals surface area contributed by atoms with Gasteiger partial charge < -0.3 is 20.9 Å². The molecule has 16 heavy (non-hydrogen) atoms. The van der Waals surface area contributed by atoms with Gasteiger partial charge in [0.25, 0.3) is 0 Å². The van der Waals surface area contributed by atoms with E-state index in [0.717, 1.165) is 25.8 Å². The second-order valence-corrected chi connectivity index (χ2v) is 4.02. The highest BCUT2D eigenvalue weighted by Crippen LogP contribution is 2.21. The number of hydrogen-bond donors (Lipinski definition) is 3. The van der Waals surface area contributed by atoms with Gasteiger partial charge in [-0.2, -0.15) is 0 Å². The predicted molar refractivity (Wildman–Crippen MR) is 59.1 cm³/mol. The van der Waals surface area contributed by atoms with Gasteiger partial charge in [0.05, 0.1) is 6.42 Å². The Kier molecular flexibility index (Phi) is 5.04. The molecule has 0 aromatic heterocycles. The van der Waals surface area contributed by atoms with E-state index in [1.165, 1.54) is 0 Å². The molecule has 0 spiro atoms. The first-order valence-electron chi connectivity index (χ1n) is 5.55. The third-order valence-corrected chi connectivity index (χ3v) is 2.85. The van der Waals surface area contributed by atoms with E-state index in [1.54, 1.807) is 4.90 Å². The van der Waals surface area contributed by atoms with Crippen molar-refractivity contribution in [2.24, 2.45) is 10.9 Å². The minimum Gasteiger partial charge on any atom is -0.409 e. The lowest BCUT2D eigenvalue weighted by molar-refractivity contribution is -0.130. The quantitative estimate of drug-likeness (QED) is 0.265. The number of amides is 1. The fraction of sp³-hybridized carbons (Fsp3) is 0.800. The van der Waals surface area contributed by atoms with E-state index in [9.17, 15) is 4.79 Å². The van der Waals surface area contributed by atoms with Crippen LogP contribution in [-0.4, -0.2) is 46.1 Å². The molecule has 1 amide bonds. The molecule has 1 atom stereocenters. The van der Waals surface area contributed by atoms with Crippen LogP contribution in [0.4, 0.5) is 0 Å². The number of hydrogen-bond acceptors (Lipinski definition) is 4. The predicted octanol–water partition coefficient (Wildman–Crippen LogP) is -0.114. The van der Waals surface area contributed by atoms with Crippen LogP contribution in [0, 0.1) is 0 Å². The topological polar surface area (TPSA) is 99.2 Å². The third-order valence-electron chi connectivity index (χ3n) is 2.85. The average Bonchev–Trinajstić information content (AvgIpc) is 2.74. The highest BCUT2D eigenvalue weighted by atomic mass is 16.4. The maximum absolute atomic E-state index is 11.8. The van der Waals surface area contributed by atoms with E-state index in [1.807, 2.05) is 0 Å². The van der Waals surface area contributed by atoms with Crippen LogP contribution in [0.15, 0.2) is 5.16 Å². The molecule has 0 radical (unpaired) electrons. The Balaban J connectivity index is 2.47. The summed E-state index contributed by atoms with van der Waals surface area (Å²) in [5, 5.41) is 19.9. The number of oxime groups is 1. The highest BCUT2D eigenvalue weighted by Gasteiger charge is 2.28. The number of amidine groups is 1. The second-order valence-electron chi connectivity index (χ2n) is 4.02. The minimum absolute atomic E-state index is 0.0356. The van der Waals surface area contributed by atoms with Gasteiger partial charge in [0.1, 0.15) is 5.84 Å². The average molecular weight is 229 g/mol. The van der Waals surface area contributed by atoms with Gasteiger partial charge >= 0.3 is 0 Å². The summed E-state index contributed by atoms with van der Waals surface area (Å²) in [7, 11) is 0. The molecule has 1 aliphatic rings. The fourth-order valence-corrected chi connectivity index (χ4v) is 2.08. The first kappa shape index (κ1) is 12.8. The monoisotopic (exact) mass is 229 g/mol. The summed E-state index contributed by atoms with van der Waals surface area (Å²) >= 11 is 0. The minimum atomic E-state index is -0.101. The first-order valence-corrected chi connectivity index (χ1v) is 5.55. The van der Waals surface area contributed by atoms with Gasteiger partial charge in [-0.05, 0) is 25.7 Å². The fourth-order valence-electron chi connectivity index (χ4n) is 2.08. The van der Waals surface area contributed by atoms with Gasteiger partial charge in [0, 0.05) is 19.2 Å². The molecule has 1 saturated heterocycles. The van der Waals surface area contributed by atoms with Gasteiger partial charge in [-0.15, -0.1) is 0 Å². The molecule has 6 heteroatoms. The lowest BCUT2D eigenvalue weighted by Gasteiger charge is -2.24. The number of aliphatic hydroxyl groups is 1. The van der Waals surface area contributed by atoms with Crippen molar-refractivity contribution in [2.75, 3.05) is 13.2 Å². The Morgan fingerprint density at radius 1 is 1.56 bits per heavy atom. The molecule has 0 saturated carbocycles. The summed E-state index contributed by atoms with van der Waals surface area (Å²) in [6.45, 7) is 0.881. The number of aliphatic hydroxyl groups excluding tert-OH is 1. The van der Waals surface area contributed by atoms with Crippen molar-refractivity contribution in [1.82, 2.24) is 4.90 Å². The van der Waals surface area contributed by atoms with Crippen LogP contribution in [-0.2, 0) is 4.79 Å². The van der Waals surface area contributed by atoms with Gasteiger partial charge in [0.15, 0.2) is 0 Å². The van der Waals surface area contributed by atoms with Crippen LogP contribution in [0.2, 0.25) is 0 Å². The van der Waals surface area contributed by atoms with Crippen molar-refractivity contribution >= 4 is 11.7 Å². The number of rotatable bonds is 5. The molecule has 1 rings (SSSR count). The second kappa shape index (κ2) is 6.32. The number of nitrogens with zero attached hydrogens (tertiary/aromatic N) is 2. The van der Waals surface area contributed by atoms with E-state index in [-0.39, 0.29) is 30.8 Å². The molecule has 0 aliphatic carbocycles. The van der Waals surface area contributed by atoms with Crippen molar-refractivity contribution in [1.29, 1.82) is 0 Å². The van der Waals surface area contributed by atoms with E-state index < -0.39 is 0 Å². The van der Waals surface area contributed by atoms with Crippen LogP contribution < -0.4 is 5.73 Å². The molecule has 1 aliphatic heterocycles. The van der Waals surface area contributed by atoms with E-state index in [2.05, 4.69) is 5.16 Å². The van der Waals surface area contributed by atoms with Gasteiger partial charge in [-0.3, -0.25) is 4.79 Å². The molecule has 0 aromatic carbocycles. The number of carbonyl (C=O) groups is 1. The molecule has 1 fully saturated rings. The lowest BCUT2D eigenvalue weighted by Crippen LogP contribution is -2.37. The molecule has 1 heterocycles. The third kappa shape index (κ3) is 3.37. The number of nitrogens with two attached hydrogens (primary N) is 1. The summed E-state index contributed by atoms with van der Waals surface area (Å²) in [5.74, 6) is -0.159. The van der Waals surface area contributed by atoms with Crippen molar-refractivity contribution in [3.05, 3.63) is 0 Å². The highest BCUT2D eigenvalue weighted by molar-refractivity contribution is 5.98. The molecule has 1 unspecified atom stereocenters. The van der Waals surface area contributed by atoms with Crippen LogP contribution in [0.1, 0.15) is 32.1 Å². The van der Waals surface area contributed by atoms with Crippen LogP contribution in [0.5, 0.6) is 0 Å². The molecule has 92 valence electrons. The molecular formula is C10H19N3O3. The summed E-state index contributed by atoms with van der Waals surface area (Å²) in [6.07, 6.45) is 3.45. The molecule has 4 N–H and O–H groups in total. The zero-order chi connectivity index (χ0) is 12.0. The SMILES string of the molecule is N/C(CC(=O)N1CCCC1CCCO)=N\O. The zero-order valence-electron chi connectivity index (χ0n) is 9.30. The van der Waals surface area contributed by atoms with Crippen LogP contribution in [0.25, 0.3) is 0 Å². The molecule has 0 aromatic rings. The Bertz CT molecular complexity index is 268. The Morgan fingerprint density at radius 3 is 2.94 bits per heavy atom. The van der Waals surface area contributed by atoms with Crippen molar-refractivity contribution in [3.8, 4) is 0 Å². The van der Waals surface area contributed by atoms with E-state index in [4.69, 9.17) is 16.0 Å². The van der Waals surface area contributed by atoms with Crippen LogP contribution >= 0.6 is 0 Å². The van der Waals surface area contributed by atoms with Crippen molar-refractivity contribution < 1.29 is 15.1 Å². The largest absolute Gasteiger partial charge is 0.409 e. The van der Waals surface area contributed by atoms with Crippen molar-refractivity contribution in [2.45, 2.75) is 38.1 Å². The zero-order valence-corrected chi connectivity index (χ0v) is 9.30. The van der Waals surface area contributed by atoms with Gasteiger partial charge in [-0.25, -0.2) is 0 Å². The molecule has 0 bridgehead atoms. The summed E-state index contributed by atoms with van der Waals surface area (Å²) in [6, 6.07) is 0.200. The summed E-state index contributed by atoms with van der Waals surface area (Å²) in [4.78, 5) is 13.6. The maximum Gasteiger partial charge on any atom is 0.230 e. The summed E-state index contributed by atoms with van der Waals surface area (Å²) < 4.78 is 0. The standard InChI is InChI=1S/C10H19N3O3/c11-9(12-16)7-10(15)13-5-1-3-8(13)4-2-6-14/h8,14,16H,1-7H2,(H2,11,12). The van der Waals surface area contributed by atoms with Gasteiger partial charge in [0.2, 0.25) is 5.91 Å². The Labute approximate surface area is 94.7 Å². The molecule has 6 nitrogen and oxygen atoms in total. The van der Waals surface area contributed by atoms with E-state index in [0.29, 0.717) is 6.42 Å².